The van der Waals surface area contributed by atoms with E-state index in [1.807, 2.05) is 6.07 Å². The molecular formula is C18H23NO7S. The van der Waals surface area contributed by atoms with Crippen molar-refractivity contribution in [2.45, 2.75) is 24.2 Å². The number of furan rings is 1. The Kier molecular flexibility index (Phi) is 7.68. The molecule has 2 aromatic rings. The molecule has 0 unspecified atom stereocenters. The minimum atomic E-state index is -3.64. The van der Waals surface area contributed by atoms with E-state index in [9.17, 15) is 13.2 Å². The van der Waals surface area contributed by atoms with Gasteiger partial charge in [-0.2, -0.15) is 0 Å². The van der Waals surface area contributed by atoms with Crippen LogP contribution in [0.1, 0.15) is 18.6 Å². The van der Waals surface area contributed by atoms with Crippen LogP contribution in [0.15, 0.2) is 45.9 Å². The largest absolute Gasteiger partial charge is 0.493 e. The van der Waals surface area contributed by atoms with Crippen LogP contribution in [0.4, 0.5) is 0 Å². The van der Waals surface area contributed by atoms with Crippen LogP contribution in [0.5, 0.6) is 11.5 Å². The molecule has 0 saturated heterocycles. The minimum absolute atomic E-state index is 0.0623. The number of hydrogen-bond donors (Lipinski definition) is 1. The number of amides is 1. The summed E-state index contributed by atoms with van der Waals surface area (Å²) in [5, 5.41) is 0. The predicted octanol–water partition coefficient (Wildman–Crippen LogP) is 2.14. The summed E-state index contributed by atoms with van der Waals surface area (Å²) in [5.74, 6) is 0.729. The van der Waals surface area contributed by atoms with Crippen LogP contribution in [0, 0.1) is 0 Å². The van der Waals surface area contributed by atoms with Crippen LogP contribution >= 0.6 is 0 Å². The molecule has 0 spiro atoms. The number of benzene rings is 1. The van der Waals surface area contributed by atoms with Crippen molar-refractivity contribution < 1.29 is 31.9 Å². The van der Waals surface area contributed by atoms with Crippen molar-refractivity contribution in [2.24, 2.45) is 0 Å². The van der Waals surface area contributed by atoms with Crippen molar-refractivity contribution in [1.82, 2.24) is 5.48 Å². The number of nitrogens with one attached hydrogen (secondary N) is 1. The normalized spacial score (nSPS) is 11.2. The van der Waals surface area contributed by atoms with E-state index >= 15 is 0 Å². The van der Waals surface area contributed by atoms with E-state index in [0.29, 0.717) is 30.9 Å². The maximum Gasteiger partial charge on any atom is 0.244 e. The van der Waals surface area contributed by atoms with Gasteiger partial charge in [-0.3, -0.25) is 9.63 Å². The molecule has 8 nitrogen and oxygen atoms in total. The van der Waals surface area contributed by atoms with Gasteiger partial charge in [-0.1, -0.05) is 0 Å². The highest BCUT2D eigenvalue weighted by Crippen LogP contribution is 2.29. The number of sulfone groups is 1. The molecule has 0 bridgehead atoms. The second-order valence-electron chi connectivity index (χ2n) is 5.64. The van der Waals surface area contributed by atoms with Gasteiger partial charge in [0, 0.05) is 18.9 Å². The summed E-state index contributed by atoms with van der Waals surface area (Å²) < 4.78 is 40.1. The molecule has 27 heavy (non-hydrogen) atoms. The highest BCUT2D eigenvalue weighted by molar-refractivity contribution is 7.91. The Bertz CT molecular complexity index is 831. The van der Waals surface area contributed by atoms with Gasteiger partial charge in [0.25, 0.3) is 0 Å². The first-order valence-electron chi connectivity index (χ1n) is 8.34. The maximum absolute atomic E-state index is 12.4. The lowest BCUT2D eigenvalue weighted by Gasteiger charge is -2.10. The highest BCUT2D eigenvalue weighted by Gasteiger charge is 2.19. The summed E-state index contributed by atoms with van der Waals surface area (Å²) >= 11 is 0. The van der Waals surface area contributed by atoms with Crippen LogP contribution in [0.3, 0.4) is 0 Å². The Morgan fingerprint density at radius 2 is 1.93 bits per heavy atom. The van der Waals surface area contributed by atoms with Crippen LogP contribution in [-0.4, -0.2) is 40.9 Å². The van der Waals surface area contributed by atoms with E-state index in [1.54, 1.807) is 12.3 Å². The molecule has 0 aliphatic rings. The monoisotopic (exact) mass is 397 g/mol. The maximum atomic E-state index is 12.4. The number of methoxy groups -OCH3 is 2. The van der Waals surface area contributed by atoms with Gasteiger partial charge >= 0.3 is 0 Å². The van der Waals surface area contributed by atoms with Gasteiger partial charge in [0.15, 0.2) is 21.3 Å². The van der Waals surface area contributed by atoms with Crippen LogP contribution < -0.4 is 15.0 Å². The van der Waals surface area contributed by atoms with E-state index in [2.05, 4.69) is 5.48 Å². The number of rotatable bonds is 11. The average Bonchev–Trinajstić information content (AvgIpc) is 3.19. The second-order valence-corrected chi connectivity index (χ2v) is 7.75. The first-order valence-corrected chi connectivity index (χ1v) is 9.99. The molecule has 0 fully saturated rings. The summed E-state index contributed by atoms with van der Waals surface area (Å²) in [6.07, 6.45) is 2.74. The average molecular weight is 397 g/mol. The zero-order chi connectivity index (χ0) is 19.7. The van der Waals surface area contributed by atoms with E-state index in [4.69, 9.17) is 18.7 Å². The van der Waals surface area contributed by atoms with Crippen molar-refractivity contribution in [2.75, 3.05) is 26.6 Å². The number of aryl methyl sites for hydroxylation is 1. The Morgan fingerprint density at radius 1 is 1.15 bits per heavy atom. The molecule has 1 amide bonds. The van der Waals surface area contributed by atoms with Crippen LogP contribution in [-0.2, 0) is 25.9 Å². The molecule has 0 atom stereocenters. The molecule has 0 saturated carbocycles. The van der Waals surface area contributed by atoms with E-state index in [0.717, 1.165) is 5.76 Å². The Morgan fingerprint density at radius 3 is 2.59 bits per heavy atom. The fourth-order valence-electron chi connectivity index (χ4n) is 2.31. The van der Waals surface area contributed by atoms with Crippen molar-refractivity contribution in [1.29, 1.82) is 0 Å². The van der Waals surface area contributed by atoms with Crippen molar-refractivity contribution in [3.8, 4) is 11.5 Å². The standard InChI is InChI=1S/C18H23NO7S/c1-23-16-8-7-15(13-17(16)24-2)27(21,22)12-9-18(20)19-26-11-4-6-14-5-3-10-25-14/h3,5,7-8,10,13H,4,6,9,11-12H2,1-2H3,(H,19,20). The second kappa shape index (κ2) is 9.98. The van der Waals surface area contributed by atoms with Crippen molar-refractivity contribution >= 4 is 15.7 Å². The van der Waals surface area contributed by atoms with Gasteiger partial charge in [-0.05, 0) is 30.7 Å². The topological polar surface area (TPSA) is 104 Å². The SMILES string of the molecule is COc1ccc(S(=O)(=O)CCC(=O)NOCCCc2ccco2)cc1OC. The molecule has 1 aromatic carbocycles. The molecule has 9 heteroatoms. The number of carbonyl (C=O) groups excluding carboxylic acids is 1. The van der Waals surface area contributed by atoms with Gasteiger partial charge in [-0.25, -0.2) is 13.9 Å². The van der Waals surface area contributed by atoms with Crippen molar-refractivity contribution in [3.63, 3.8) is 0 Å². The smallest absolute Gasteiger partial charge is 0.244 e. The minimum Gasteiger partial charge on any atom is -0.493 e. The van der Waals surface area contributed by atoms with Gasteiger partial charge in [0.05, 0.1) is 37.7 Å². The van der Waals surface area contributed by atoms with Crippen LogP contribution in [0.2, 0.25) is 0 Å². The summed E-state index contributed by atoms with van der Waals surface area (Å²) in [7, 11) is -0.757. The quantitative estimate of drug-likeness (QED) is 0.457. The summed E-state index contributed by atoms with van der Waals surface area (Å²) in [6, 6.07) is 7.96. The predicted molar refractivity (Wildman–Crippen MR) is 97.3 cm³/mol. The fraction of sp³-hybridized carbons (Fsp3) is 0.389. The van der Waals surface area contributed by atoms with E-state index < -0.39 is 15.7 Å². The molecule has 1 heterocycles. The lowest BCUT2D eigenvalue weighted by Crippen LogP contribution is -2.26. The number of ether oxygens (including phenoxy) is 2. The number of hydroxylamine groups is 1. The zero-order valence-electron chi connectivity index (χ0n) is 15.3. The molecule has 0 aliphatic heterocycles. The van der Waals surface area contributed by atoms with Gasteiger partial charge in [0.1, 0.15) is 5.76 Å². The lowest BCUT2D eigenvalue weighted by atomic mass is 10.3. The number of hydrogen-bond acceptors (Lipinski definition) is 7. The summed E-state index contributed by atoms with van der Waals surface area (Å²) in [5.41, 5.74) is 2.25. The van der Waals surface area contributed by atoms with E-state index in [-0.39, 0.29) is 17.1 Å². The third kappa shape index (κ3) is 6.30. The lowest BCUT2D eigenvalue weighted by molar-refractivity contribution is -0.133. The molecule has 1 aromatic heterocycles. The highest BCUT2D eigenvalue weighted by atomic mass is 32.2. The molecule has 0 radical (unpaired) electrons. The Labute approximate surface area is 158 Å². The Hall–Kier alpha value is -2.52. The molecular weight excluding hydrogens is 374 g/mol. The first-order chi connectivity index (χ1) is 13.0. The van der Waals surface area contributed by atoms with Gasteiger partial charge < -0.3 is 13.9 Å². The van der Waals surface area contributed by atoms with Gasteiger partial charge in [-0.15, -0.1) is 0 Å². The molecule has 2 rings (SSSR count). The van der Waals surface area contributed by atoms with Gasteiger partial charge in [0.2, 0.25) is 5.91 Å². The number of carbonyl (C=O) groups is 1. The summed E-state index contributed by atoms with van der Waals surface area (Å²) in [4.78, 5) is 16.9. The molecule has 0 aliphatic carbocycles. The molecule has 1 N–H and O–H groups in total. The zero-order valence-corrected chi connectivity index (χ0v) is 16.1. The summed E-state index contributed by atoms with van der Waals surface area (Å²) in [6.45, 7) is 0.300. The van der Waals surface area contributed by atoms with Crippen molar-refractivity contribution in [3.05, 3.63) is 42.4 Å². The fourth-order valence-corrected chi connectivity index (χ4v) is 3.56. The first kappa shape index (κ1) is 20.8. The molecule has 148 valence electrons. The van der Waals surface area contributed by atoms with Crippen LogP contribution in [0.25, 0.3) is 0 Å². The Balaban J connectivity index is 1.76. The third-order valence-corrected chi connectivity index (χ3v) is 5.46. The third-order valence-electron chi connectivity index (χ3n) is 3.75. The van der Waals surface area contributed by atoms with E-state index in [1.165, 1.54) is 32.4 Å².